The summed E-state index contributed by atoms with van der Waals surface area (Å²) in [7, 11) is 0. The van der Waals surface area contributed by atoms with E-state index in [0.29, 0.717) is 12.0 Å². The van der Waals surface area contributed by atoms with Crippen LogP contribution in [0, 0.1) is 6.92 Å². The van der Waals surface area contributed by atoms with E-state index in [1.54, 1.807) is 5.56 Å². The largest absolute Gasteiger partial charge is 0.338 e. The first-order chi connectivity index (χ1) is 16.3. The molecule has 162 valence electrons. The van der Waals surface area contributed by atoms with E-state index in [1.165, 1.54) is 58.5 Å². The van der Waals surface area contributed by atoms with Gasteiger partial charge in [0.2, 0.25) is 0 Å². The molecule has 0 bridgehead atoms. The summed E-state index contributed by atoms with van der Waals surface area (Å²) >= 11 is 0. The van der Waals surface area contributed by atoms with Gasteiger partial charge in [0, 0.05) is 23.3 Å². The zero-order valence-corrected chi connectivity index (χ0v) is 19.1. The van der Waals surface area contributed by atoms with Gasteiger partial charge in [-0.05, 0) is 71.9 Å². The maximum absolute atomic E-state index is 2.61. The van der Waals surface area contributed by atoms with Crippen molar-refractivity contribution in [2.75, 3.05) is 4.90 Å². The van der Waals surface area contributed by atoms with Crippen molar-refractivity contribution in [3.63, 3.8) is 0 Å². The first-order valence-electron chi connectivity index (χ1n) is 12.1. The molecule has 0 saturated heterocycles. The quantitative estimate of drug-likeness (QED) is 0.296. The summed E-state index contributed by atoms with van der Waals surface area (Å²) in [5.74, 6) is 0.683. The van der Waals surface area contributed by atoms with Crippen molar-refractivity contribution in [2.45, 2.75) is 38.1 Å². The van der Waals surface area contributed by atoms with E-state index in [1.807, 2.05) is 0 Å². The third-order valence-corrected chi connectivity index (χ3v) is 7.31. The second kappa shape index (κ2) is 8.41. The molecular formula is C32H29N. The maximum atomic E-state index is 2.61. The van der Waals surface area contributed by atoms with E-state index >= 15 is 0 Å². The van der Waals surface area contributed by atoms with Gasteiger partial charge in [0.25, 0.3) is 0 Å². The fourth-order valence-corrected chi connectivity index (χ4v) is 5.78. The Morgan fingerprint density at radius 1 is 0.758 bits per heavy atom. The summed E-state index contributed by atoms with van der Waals surface area (Å²) in [4.78, 5) is 2.61. The Balaban J connectivity index is 1.37. The lowest BCUT2D eigenvalue weighted by molar-refractivity contribution is 0.641. The molecule has 4 aromatic rings. The number of rotatable bonds is 4. The molecule has 1 heterocycles. The predicted octanol–water partition coefficient (Wildman–Crippen LogP) is 8.37. The number of anilines is 2. The van der Waals surface area contributed by atoms with Crippen LogP contribution in [0.2, 0.25) is 0 Å². The minimum absolute atomic E-state index is 0.604. The van der Waals surface area contributed by atoms with Crippen LogP contribution in [0.25, 0.3) is 11.6 Å². The molecule has 1 heteroatoms. The Morgan fingerprint density at radius 3 is 2.09 bits per heavy atom. The van der Waals surface area contributed by atoms with Gasteiger partial charge in [0.15, 0.2) is 0 Å². The van der Waals surface area contributed by atoms with Crippen LogP contribution >= 0.6 is 0 Å². The fraction of sp³-hybridized carbons (Fsp3) is 0.188. The van der Waals surface area contributed by atoms with Gasteiger partial charge < -0.3 is 4.90 Å². The van der Waals surface area contributed by atoms with Crippen LogP contribution in [0.3, 0.4) is 0 Å². The molecule has 1 nitrogen and oxygen atoms in total. The average Bonchev–Trinajstić information content (AvgIpc) is 3.45. The molecule has 0 amide bonds. The van der Waals surface area contributed by atoms with Gasteiger partial charge in [0.1, 0.15) is 0 Å². The topological polar surface area (TPSA) is 3.24 Å². The van der Waals surface area contributed by atoms with Crippen LogP contribution in [-0.2, 0) is 0 Å². The SMILES string of the molecule is Cc1ccc2c(c1)C1CCCC1N2c1ccc(C=C(c2ccccc2)c2ccccc2)cc1. The normalized spacial score (nSPS) is 18.6. The predicted molar refractivity (Wildman–Crippen MR) is 140 cm³/mol. The second-order valence-corrected chi connectivity index (χ2v) is 9.42. The molecule has 1 fully saturated rings. The molecule has 1 aliphatic heterocycles. The summed E-state index contributed by atoms with van der Waals surface area (Å²) in [5, 5.41) is 0. The van der Waals surface area contributed by atoms with Crippen molar-refractivity contribution in [3.05, 3.63) is 131 Å². The first kappa shape index (κ1) is 20.1. The van der Waals surface area contributed by atoms with Gasteiger partial charge in [0.05, 0.1) is 0 Å². The van der Waals surface area contributed by atoms with Crippen molar-refractivity contribution < 1.29 is 0 Å². The highest BCUT2D eigenvalue weighted by Gasteiger charge is 2.41. The number of aryl methyl sites for hydroxylation is 1. The molecular weight excluding hydrogens is 398 g/mol. The molecule has 2 unspecified atom stereocenters. The molecule has 0 radical (unpaired) electrons. The highest BCUT2D eigenvalue weighted by Crippen LogP contribution is 2.52. The molecule has 1 aliphatic carbocycles. The third-order valence-electron chi connectivity index (χ3n) is 7.31. The lowest BCUT2D eigenvalue weighted by Gasteiger charge is -2.27. The average molecular weight is 428 g/mol. The minimum atomic E-state index is 0.604. The van der Waals surface area contributed by atoms with Crippen molar-refractivity contribution in [1.29, 1.82) is 0 Å². The summed E-state index contributed by atoms with van der Waals surface area (Å²) in [6, 6.07) is 38.1. The zero-order chi connectivity index (χ0) is 22.2. The standard InChI is InChI=1S/C32H29N/c1-23-15-20-32-30(21-23)28-13-8-14-31(28)33(32)27-18-16-24(17-19-27)22-29(25-9-4-2-5-10-25)26-11-6-3-7-12-26/h2-7,9-12,15-22,28,31H,8,13-14H2,1H3. The van der Waals surface area contributed by atoms with Gasteiger partial charge >= 0.3 is 0 Å². The monoisotopic (exact) mass is 427 g/mol. The molecule has 33 heavy (non-hydrogen) atoms. The van der Waals surface area contributed by atoms with Crippen LogP contribution in [-0.4, -0.2) is 6.04 Å². The van der Waals surface area contributed by atoms with E-state index < -0.39 is 0 Å². The molecule has 0 aromatic heterocycles. The van der Waals surface area contributed by atoms with E-state index in [0.717, 1.165) is 0 Å². The van der Waals surface area contributed by atoms with Gasteiger partial charge in [-0.2, -0.15) is 0 Å². The lowest BCUT2D eigenvalue weighted by atomic mass is 9.95. The summed E-state index contributed by atoms with van der Waals surface area (Å²) < 4.78 is 0. The summed E-state index contributed by atoms with van der Waals surface area (Å²) in [6.07, 6.45) is 6.24. The summed E-state index contributed by atoms with van der Waals surface area (Å²) in [6.45, 7) is 2.21. The van der Waals surface area contributed by atoms with Gasteiger partial charge in [-0.1, -0.05) is 96.9 Å². The number of fused-ring (bicyclic) bond motifs is 3. The van der Waals surface area contributed by atoms with Gasteiger partial charge in [-0.15, -0.1) is 0 Å². The van der Waals surface area contributed by atoms with Crippen molar-refractivity contribution in [1.82, 2.24) is 0 Å². The van der Waals surface area contributed by atoms with Crippen LogP contribution < -0.4 is 4.90 Å². The molecule has 0 spiro atoms. The lowest BCUT2D eigenvalue weighted by Crippen LogP contribution is -2.26. The summed E-state index contributed by atoms with van der Waals surface area (Å²) in [5.41, 5.74) is 10.6. The van der Waals surface area contributed by atoms with E-state index in [9.17, 15) is 0 Å². The van der Waals surface area contributed by atoms with E-state index in [2.05, 4.69) is 121 Å². The van der Waals surface area contributed by atoms with Crippen LogP contribution in [0.4, 0.5) is 11.4 Å². The molecule has 2 atom stereocenters. The zero-order valence-electron chi connectivity index (χ0n) is 19.1. The second-order valence-electron chi connectivity index (χ2n) is 9.42. The highest BCUT2D eigenvalue weighted by atomic mass is 15.2. The number of hydrogen-bond donors (Lipinski definition) is 0. The Morgan fingerprint density at radius 2 is 1.42 bits per heavy atom. The number of benzene rings is 4. The Hall–Kier alpha value is -3.58. The van der Waals surface area contributed by atoms with Gasteiger partial charge in [-0.25, -0.2) is 0 Å². The highest BCUT2D eigenvalue weighted by molar-refractivity contribution is 5.91. The Labute approximate surface area is 197 Å². The number of hydrogen-bond acceptors (Lipinski definition) is 1. The van der Waals surface area contributed by atoms with Crippen molar-refractivity contribution >= 4 is 23.0 Å². The van der Waals surface area contributed by atoms with Crippen LogP contribution in [0.1, 0.15) is 53.0 Å². The van der Waals surface area contributed by atoms with Crippen molar-refractivity contribution in [3.8, 4) is 0 Å². The van der Waals surface area contributed by atoms with Gasteiger partial charge in [-0.3, -0.25) is 0 Å². The number of nitrogens with zero attached hydrogens (tertiary/aromatic N) is 1. The fourth-order valence-electron chi connectivity index (χ4n) is 5.78. The van der Waals surface area contributed by atoms with Crippen LogP contribution in [0.15, 0.2) is 103 Å². The molecule has 0 N–H and O–H groups in total. The molecule has 4 aromatic carbocycles. The first-order valence-corrected chi connectivity index (χ1v) is 12.1. The Bertz CT molecular complexity index is 1240. The molecule has 1 saturated carbocycles. The van der Waals surface area contributed by atoms with E-state index in [-0.39, 0.29) is 0 Å². The smallest absolute Gasteiger partial charge is 0.0449 e. The third kappa shape index (κ3) is 3.68. The maximum Gasteiger partial charge on any atom is 0.0449 e. The minimum Gasteiger partial charge on any atom is -0.338 e. The molecule has 6 rings (SSSR count). The molecule has 2 aliphatic rings. The van der Waals surface area contributed by atoms with Crippen molar-refractivity contribution in [2.24, 2.45) is 0 Å². The Kier molecular flexibility index (Phi) is 5.11. The van der Waals surface area contributed by atoms with Crippen LogP contribution in [0.5, 0.6) is 0 Å². The van der Waals surface area contributed by atoms with E-state index in [4.69, 9.17) is 0 Å².